The van der Waals surface area contributed by atoms with Crippen molar-refractivity contribution < 1.29 is 5.11 Å². The first-order chi connectivity index (χ1) is 7.25. The van der Waals surface area contributed by atoms with Crippen molar-refractivity contribution in [3.63, 3.8) is 0 Å². The van der Waals surface area contributed by atoms with Gasteiger partial charge in [-0.05, 0) is 0 Å². The summed E-state index contributed by atoms with van der Waals surface area (Å²) in [5.74, 6) is 0. The molecule has 0 aliphatic carbocycles. The Bertz CT molecular complexity index is 304. The van der Waals surface area contributed by atoms with Crippen molar-refractivity contribution in [3.8, 4) is 0 Å². The second kappa shape index (κ2) is 5.16. The molecule has 3 heteroatoms. The minimum absolute atomic E-state index is 0.0968. The van der Waals surface area contributed by atoms with E-state index < -0.39 is 0 Å². The molecule has 1 N–H and O–H groups in total. The van der Waals surface area contributed by atoms with Crippen molar-refractivity contribution >= 4 is 16.9 Å². The fourth-order valence-electron chi connectivity index (χ4n) is 2.06. The Hall–Kier alpha value is -0.302. The van der Waals surface area contributed by atoms with Crippen molar-refractivity contribution in [3.05, 3.63) is 35.9 Å². The molecule has 1 aromatic carbocycles. The fourth-order valence-corrected chi connectivity index (χ4v) is 3.15. The van der Waals surface area contributed by atoms with Crippen molar-refractivity contribution in [2.45, 2.75) is 17.2 Å². The number of β-amino-alcohol motifs (C(OH)–C–C–N with tert-alkyl or cyclic N) is 1. The average Bonchev–Trinajstić information content (AvgIpc) is 2.65. The molecule has 0 amide bonds. The van der Waals surface area contributed by atoms with Crippen LogP contribution >= 0.6 is 0 Å². The van der Waals surface area contributed by atoms with Crippen LogP contribution in [0.15, 0.2) is 30.3 Å². The van der Waals surface area contributed by atoms with Crippen LogP contribution < -0.4 is 0 Å². The van der Waals surface area contributed by atoms with Gasteiger partial charge < -0.3 is 0 Å². The van der Waals surface area contributed by atoms with Crippen molar-refractivity contribution in [2.24, 2.45) is 0 Å². The number of rotatable bonds is 3. The molecule has 0 bridgehead atoms. The van der Waals surface area contributed by atoms with Crippen molar-refractivity contribution in [1.29, 1.82) is 0 Å². The Morgan fingerprint density at radius 2 is 2.13 bits per heavy atom. The van der Waals surface area contributed by atoms with Crippen LogP contribution in [0.2, 0.25) is 0 Å². The Morgan fingerprint density at radius 3 is 2.73 bits per heavy atom. The van der Waals surface area contributed by atoms with Crippen LogP contribution in [0.3, 0.4) is 0 Å². The molecular formula is C12H18AsNO. The molecule has 82 valence electrons. The van der Waals surface area contributed by atoms with Crippen LogP contribution in [-0.4, -0.2) is 52.6 Å². The first-order valence-electron chi connectivity index (χ1n) is 5.46. The second-order valence-corrected chi connectivity index (χ2v) is 5.91. The summed E-state index contributed by atoms with van der Waals surface area (Å²) in [5.41, 5.74) is 1.42. The number of likely N-dealkylation sites (tertiary alicyclic amines) is 1. The van der Waals surface area contributed by atoms with E-state index in [1.807, 2.05) is 0 Å². The first-order valence-corrected chi connectivity index (χ1v) is 6.86. The van der Waals surface area contributed by atoms with Gasteiger partial charge in [-0.15, -0.1) is 0 Å². The van der Waals surface area contributed by atoms with Gasteiger partial charge >= 0.3 is 99.6 Å². The summed E-state index contributed by atoms with van der Waals surface area (Å²) in [4.78, 5) is 2.37. The van der Waals surface area contributed by atoms with Gasteiger partial charge in [0, 0.05) is 0 Å². The molecule has 1 aliphatic heterocycles. The number of aliphatic hydroxyl groups excluding tert-OH is 1. The van der Waals surface area contributed by atoms with E-state index in [0.717, 1.165) is 26.1 Å². The monoisotopic (exact) mass is 267 g/mol. The summed E-state index contributed by atoms with van der Waals surface area (Å²) >= 11 is 1.77. The van der Waals surface area contributed by atoms with Gasteiger partial charge in [-0.2, -0.15) is 0 Å². The molecule has 0 spiro atoms. The van der Waals surface area contributed by atoms with Crippen LogP contribution in [0.4, 0.5) is 0 Å². The fraction of sp³-hybridized carbons (Fsp3) is 0.500. The summed E-state index contributed by atoms with van der Waals surface area (Å²) in [5, 5.41) is 9.45. The third-order valence-electron chi connectivity index (χ3n) is 2.93. The van der Waals surface area contributed by atoms with Crippen LogP contribution in [0.5, 0.6) is 0 Å². The SMILES string of the molecule is O[C@H]1CCN(CC([AsH2])c2ccccc2)C1. The van der Waals surface area contributed by atoms with Gasteiger partial charge in [0.1, 0.15) is 0 Å². The Kier molecular flexibility index (Phi) is 3.85. The van der Waals surface area contributed by atoms with Gasteiger partial charge in [0.05, 0.1) is 0 Å². The van der Waals surface area contributed by atoms with E-state index in [0.29, 0.717) is 4.71 Å². The molecule has 0 saturated carbocycles. The number of benzene rings is 1. The van der Waals surface area contributed by atoms with Gasteiger partial charge in [0.15, 0.2) is 0 Å². The average molecular weight is 267 g/mol. The van der Waals surface area contributed by atoms with Crippen LogP contribution in [0.25, 0.3) is 0 Å². The number of hydrogen-bond donors (Lipinski definition) is 1. The molecule has 0 aromatic heterocycles. The number of aliphatic hydroxyl groups is 1. The number of hydrogen-bond acceptors (Lipinski definition) is 2. The quantitative estimate of drug-likeness (QED) is 0.803. The Morgan fingerprint density at radius 1 is 1.40 bits per heavy atom. The van der Waals surface area contributed by atoms with Crippen molar-refractivity contribution in [2.75, 3.05) is 19.6 Å². The number of nitrogens with zero attached hydrogens (tertiary/aromatic N) is 1. The van der Waals surface area contributed by atoms with Crippen LogP contribution in [0, 0.1) is 0 Å². The van der Waals surface area contributed by atoms with E-state index in [-0.39, 0.29) is 6.10 Å². The maximum atomic E-state index is 9.45. The summed E-state index contributed by atoms with van der Waals surface area (Å²) in [6.45, 7) is 2.99. The molecule has 1 fully saturated rings. The molecule has 2 rings (SSSR count). The molecular weight excluding hydrogens is 249 g/mol. The Labute approximate surface area is 99.8 Å². The van der Waals surface area contributed by atoms with Crippen LogP contribution in [0.1, 0.15) is 16.7 Å². The van der Waals surface area contributed by atoms with E-state index >= 15 is 0 Å². The Balaban J connectivity index is 1.90. The zero-order chi connectivity index (χ0) is 10.7. The second-order valence-electron chi connectivity index (χ2n) is 4.22. The summed E-state index contributed by atoms with van der Waals surface area (Å²) in [6, 6.07) is 10.6. The molecule has 15 heavy (non-hydrogen) atoms. The third kappa shape index (κ3) is 3.07. The van der Waals surface area contributed by atoms with Gasteiger partial charge in [0.2, 0.25) is 0 Å². The summed E-state index contributed by atoms with van der Waals surface area (Å²) in [7, 11) is 0. The van der Waals surface area contributed by atoms with Crippen LogP contribution in [-0.2, 0) is 0 Å². The zero-order valence-electron chi connectivity index (χ0n) is 8.84. The van der Waals surface area contributed by atoms with E-state index in [4.69, 9.17) is 0 Å². The molecule has 1 saturated heterocycles. The predicted molar refractivity (Wildman–Crippen MR) is 64.8 cm³/mol. The first kappa shape index (κ1) is 11.2. The van der Waals surface area contributed by atoms with Gasteiger partial charge in [0.25, 0.3) is 0 Å². The van der Waals surface area contributed by atoms with E-state index in [2.05, 4.69) is 35.2 Å². The van der Waals surface area contributed by atoms with E-state index in [1.165, 1.54) is 5.56 Å². The summed E-state index contributed by atoms with van der Waals surface area (Å²) < 4.78 is 0.615. The van der Waals surface area contributed by atoms with Gasteiger partial charge in [-0.25, -0.2) is 0 Å². The standard InChI is InChI=1S/C12H18AsNO/c13-12(10-4-2-1-3-5-10)9-14-7-6-11(15)8-14/h1-5,11-12,15H,6-9,13H2/t11-,12?/m0/s1. The molecule has 3 atom stereocenters. The van der Waals surface area contributed by atoms with E-state index in [1.54, 1.807) is 16.9 Å². The predicted octanol–water partition coefficient (Wildman–Crippen LogP) is 0.427. The van der Waals surface area contributed by atoms with Gasteiger partial charge in [-0.1, -0.05) is 0 Å². The molecule has 2 nitrogen and oxygen atoms in total. The van der Waals surface area contributed by atoms with Crippen molar-refractivity contribution in [1.82, 2.24) is 4.90 Å². The molecule has 0 radical (unpaired) electrons. The minimum atomic E-state index is -0.0968. The van der Waals surface area contributed by atoms with Gasteiger partial charge in [-0.3, -0.25) is 0 Å². The van der Waals surface area contributed by atoms with E-state index in [9.17, 15) is 5.11 Å². The summed E-state index contributed by atoms with van der Waals surface area (Å²) in [6.07, 6.45) is 0.842. The molecule has 1 aliphatic rings. The maximum absolute atomic E-state index is 9.45. The molecule has 1 heterocycles. The third-order valence-corrected chi connectivity index (χ3v) is 4.18. The molecule has 2 unspecified atom stereocenters. The zero-order valence-corrected chi connectivity index (χ0v) is 11.3. The normalized spacial score (nSPS) is 24.3. The molecule has 1 aromatic rings. The topological polar surface area (TPSA) is 23.5 Å².